The van der Waals surface area contributed by atoms with Gasteiger partial charge < -0.3 is 5.21 Å². The quantitative estimate of drug-likeness (QED) is 0.351. The number of Topliss-reactive ketones (excluding diaryl/α,β-unsaturated/α-hetero) is 1. The SMILES string of the molecule is CC1=C(C)C(=NO)C(C)=C(C)C1=O. The third-order valence-corrected chi connectivity index (χ3v) is 2.62. The van der Waals surface area contributed by atoms with Crippen LogP contribution < -0.4 is 0 Å². The van der Waals surface area contributed by atoms with E-state index in [9.17, 15) is 4.79 Å². The molecule has 0 unspecified atom stereocenters. The molecule has 0 aromatic rings. The number of hydrogen-bond acceptors (Lipinski definition) is 3. The van der Waals surface area contributed by atoms with E-state index in [1.54, 1.807) is 27.7 Å². The third kappa shape index (κ3) is 1.30. The zero-order valence-corrected chi connectivity index (χ0v) is 8.30. The molecule has 1 rings (SSSR count). The fraction of sp³-hybridized carbons (Fsp3) is 0.400. The Labute approximate surface area is 77.4 Å². The lowest BCUT2D eigenvalue weighted by atomic mass is 9.86. The summed E-state index contributed by atoms with van der Waals surface area (Å²) in [5.41, 5.74) is 3.37. The molecule has 70 valence electrons. The average molecular weight is 179 g/mol. The van der Waals surface area contributed by atoms with E-state index in [0.29, 0.717) is 16.9 Å². The van der Waals surface area contributed by atoms with E-state index in [-0.39, 0.29) is 5.78 Å². The summed E-state index contributed by atoms with van der Waals surface area (Å²) >= 11 is 0. The van der Waals surface area contributed by atoms with Crippen molar-refractivity contribution in [3.8, 4) is 0 Å². The van der Waals surface area contributed by atoms with Gasteiger partial charge in [0.15, 0.2) is 5.78 Å². The number of ketones is 1. The summed E-state index contributed by atoms with van der Waals surface area (Å²) in [6.45, 7) is 7.08. The fourth-order valence-corrected chi connectivity index (χ4v) is 1.41. The molecule has 0 radical (unpaired) electrons. The van der Waals surface area contributed by atoms with Crippen molar-refractivity contribution in [3.05, 3.63) is 22.3 Å². The van der Waals surface area contributed by atoms with Crippen LogP contribution in [0.3, 0.4) is 0 Å². The summed E-state index contributed by atoms with van der Waals surface area (Å²) in [5.74, 6) is 0.0439. The van der Waals surface area contributed by atoms with Gasteiger partial charge in [-0.05, 0) is 38.8 Å². The highest BCUT2D eigenvalue weighted by molar-refractivity contribution is 6.26. The Morgan fingerprint density at radius 3 is 1.62 bits per heavy atom. The number of carbonyl (C=O) groups excluding carboxylic acids is 1. The third-order valence-electron chi connectivity index (χ3n) is 2.62. The van der Waals surface area contributed by atoms with Gasteiger partial charge in [0.05, 0.1) is 0 Å². The van der Waals surface area contributed by atoms with Crippen LogP contribution in [-0.4, -0.2) is 16.7 Å². The topological polar surface area (TPSA) is 49.7 Å². The maximum Gasteiger partial charge on any atom is 0.185 e. The predicted octanol–water partition coefficient (Wildman–Crippen LogP) is 2.07. The molecule has 3 nitrogen and oxygen atoms in total. The van der Waals surface area contributed by atoms with Crippen LogP contribution in [0.25, 0.3) is 0 Å². The van der Waals surface area contributed by atoms with E-state index >= 15 is 0 Å². The lowest BCUT2D eigenvalue weighted by Gasteiger charge is -2.17. The monoisotopic (exact) mass is 179 g/mol. The highest BCUT2D eigenvalue weighted by atomic mass is 16.4. The molecule has 0 amide bonds. The van der Waals surface area contributed by atoms with Gasteiger partial charge in [0.2, 0.25) is 0 Å². The molecule has 1 aliphatic rings. The zero-order chi connectivity index (χ0) is 10.2. The summed E-state index contributed by atoms with van der Waals surface area (Å²) in [4.78, 5) is 11.6. The Morgan fingerprint density at radius 2 is 1.31 bits per heavy atom. The van der Waals surface area contributed by atoms with Gasteiger partial charge in [-0.2, -0.15) is 0 Å². The number of carbonyl (C=O) groups is 1. The minimum Gasteiger partial charge on any atom is -0.410 e. The maximum absolute atomic E-state index is 11.6. The van der Waals surface area contributed by atoms with E-state index in [0.717, 1.165) is 11.1 Å². The Morgan fingerprint density at radius 1 is 0.923 bits per heavy atom. The minimum atomic E-state index is 0.0439. The van der Waals surface area contributed by atoms with Gasteiger partial charge in [0.1, 0.15) is 5.71 Å². The molecule has 0 fully saturated rings. The van der Waals surface area contributed by atoms with E-state index in [1.165, 1.54) is 0 Å². The number of oxime groups is 1. The number of hydrogen-bond donors (Lipinski definition) is 1. The van der Waals surface area contributed by atoms with Gasteiger partial charge >= 0.3 is 0 Å². The van der Waals surface area contributed by atoms with E-state index in [4.69, 9.17) is 5.21 Å². The Kier molecular flexibility index (Phi) is 2.36. The molecule has 0 aromatic heterocycles. The van der Waals surface area contributed by atoms with Crippen molar-refractivity contribution >= 4 is 11.5 Å². The van der Waals surface area contributed by atoms with E-state index < -0.39 is 0 Å². The van der Waals surface area contributed by atoms with Gasteiger partial charge in [0.25, 0.3) is 0 Å². The second kappa shape index (κ2) is 3.17. The zero-order valence-electron chi connectivity index (χ0n) is 8.30. The first-order chi connectivity index (χ1) is 6.00. The molecule has 0 atom stereocenters. The normalized spacial score (nSPS) is 18.5. The lowest BCUT2D eigenvalue weighted by molar-refractivity contribution is -0.112. The molecular formula is C10H13NO2. The molecule has 0 aromatic carbocycles. The van der Waals surface area contributed by atoms with E-state index in [1.807, 2.05) is 0 Å². The summed E-state index contributed by atoms with van der Waals surface area (Å²) in [6.07, 6.45) is 0. The van der Waals surface area contributed by atoms with Gasteiger partial charge in [-0.1, -0.05) is 5.16 Å². The summed E-state index contributed by atoms with van der Waals surface area (Å²) in [7, 11) is 0. The molecule has 0 heterocycles. The molecule has 1 aliphatic carbocycles. The Balaban J connectivity index is 3.38. The highest BCUT2D eigenvalue weighted by Crippen LogP contribution is 2.24. The number of nitrogens with zero attached hydrogens (tertiary/aromatic N) is 1. The van der Waals surface area contributed by atoms with Gasteiger partial charge in [-0.25, -0.2) is 0 Å². The largest absolute Gasteiger partial charge is 0.410 e. The molecule has 3 heteroatoms. The van der Waals surface area contributed by atoms with Gasteiger partial charge in [0, 0.05) is 11.1 Å². The van der Waals surface area contributed by atoms with Crippen LogP contribution in [-0.2, 0) is 4.79 Å². The number of rotatable bonds is 0. The standard InChI is InChI=1S/C10H13NO2/c1-5-7(3)10(12)8(4)6(2)9(5)11-13/h13H,1-4H3. The van der Waals surface area contributed by atoms with Crippen LogP contribution in [0, 0.1) is 0 Å². The van der Waals surface area contributed by atoms with Crippen molar-refractivity contribution in [3.63, 3.8) is 0 Å². The van der Waals surface area contributed by atoms with Crippen molar-refractivity contribution in [1.82, 2.24) is 0 Å². The van der Waals surface area contributed by atoms with Crippen LogP contribution in [0.15, 0.2) is 27.4 Å². The first-order valence-corrected chi connectivity index (χ1v) is 4.13. The Bertz CT molecular complexity index is 329. The molecular weight excluding hydrogens is 166 g/mol. The molecule has 0 saturated heterocycles. The first-order valence-electron chi connectivity index (χ1n) is 4.13. The van der Waals surface area contributed by atoms with Crippen LogP contribution in [0.2, 0.25) is 0 Å². The predicted molar refractivity (Wildman–Crippen MR) is 51.0 cm³/mol. The van der Waals surface area contributed by atoms with Gasteiger partial charge in [-0.15, -0.1) is 0 Å². The summed E-state index contributed by atoms with van der Waals surface area (Å²) < 4.78 is 0. The summed E-state index contributed by atoms with van der Waals surface area (Å²) in [6, 6.07) is 0. The van der Waals surface area contributed by atoms with Gasteiger partial charge in [-0.3, -0.25) is 4.79 Å². The second-order valence-electron chi connectivity index (χ2n) is 3.28. The summed E-state index contributed by atoms with van der Waals surface area (Å²) in [5, 5.41) is 12.0. The van der Waals surface area contributed by atoms with Crippen molar-refractivity contribution in [1.29, 1.82) is 0 Å². The lowest BCUT2D eigenvalue weighted by Crippen LogP contribution is -2.19. The van der Waals surface area contributed by atoms with Crippen molar-refractivity contribution in [2.24, 2.45) is 5.16 Å². The van der Waals surface area contributed by atoms with Crippen molar-refractivity contribution in [2.45, 2.75) is 27.7 Å². The van der Waals surface area contributed by atoms with Crippen molar-refractivity contribution in [2.75, 3.05) is 0 Å². The van der Waals surface area contributed by atoms with Crippen LogP contribution >= 0.6 is 0 Å². The molecule has 1 N–H and O–H groups in total. The Hall–Kier alpha value is -1.38. The van der Waals surface area contributed by atoms with Crippen LogP contribution in [0.5, 0.6) is 0 Å². The fourth-order valence-electron chi connectivity index (χ4n) is 1.41. The maximum atomic E-state index is 11.6. The first kappa shape index (κ1) is 9.71. The number of allylic oxidation sites excluding steroid dienone is 4. The van der Waals surface area contributed by atoms with E-state index in [2.05, 4.69) is 5.16 Å². The average Bonchev–Trinajstić information content (AvgIpc) is 2.13. The smallest absolute Gasteiger partial charge is 0.185 e. The molecule has 13 heavy (non-hydrogen) atoms. The van der Waals surface area contributed by atoms with Crippen molar-refractivity contribution < 1.29 is 10.0 Å². The molecule has 0 spiro atoms. The molecule has 0 aliphatic heterocycles. The van der Waals surface area contributed by atoms with Crippen LogP contribution in [0.4, 0.5) is 0 Å². The molecule has 0 saturated carbocycles. The molecule has 0 bridgehead atoms. The highest BCUT2D eigenvalue weighted by Gasteiger charge is 2.23. The van der Waals surface area contributed by atoms with Crippen LogP contribution in [0.1, 0.15) is 27.7 Å². The second-order valence-corrected chi connectivity index (χ2v) is 3.28. The minimum absolute atomic E-state index is 0.0439.